The Labute approximate surface area is 130 Å². The van der Waals surface area contributed by atoms with Gasteiger partial charge in [0, 0.05) is 13.0 Å². The Balaban J connectivity index is 1.62. The number of hydrogen-bond donors (Lipinski definition) is 1. The lowest BCUT2D eigenvalue weighted by Crippen LogP contribution is -2.43. The molecule has 1 aromatic carbocycles. The molecule has 3 atom stereocenters. The van der Waals surface area contributed by atoms with Crippen LogP contribution in [0.25, 0.3) is 0 Å². The molecule has 1 saturated heterocycles. The van der Waals surface area contributed by atoms with Crippen molar-refractivity contribution in [2.45, 2.75) is 30.9 Å². The van der Waals surface area contributed by atoms with Gasteiger partial charge in [-0.2, -0.15) is 0 Å². The Bertz CT molecular complexity index is 557. The van der Waals surface area contributed by atoms with Crippen LogP contribution in [0.15, 0.2) is 42.4 Å². The fourth-order valence-corrected chi connectivity index (χ4v) is 2.93. The largest absolute Gasteiger partial charge is 0.462 e. The molecule has 1 aromatic rings. The monoisotopic (exact) mass is 303 g/mol. The Morgan fingerprint density at radius 2 is 2.18 bits per heavy atom. The Kier molecular flexibility index (Phi) is 4.45. The number of nitrogens with zero attached hydrogens (tertiary/aromatic N) is 1. The average molecular weight is 303 g/mol. The Hall–Kier alpha value is -1.85. The number of benzene rings is 1. The maximum Gasteiger partial charge on any atom is 0.316 e. The first kappa shape index (κ1) is 15.1. The molecule has 2 unspecified atom stereocenters. The van der Waals surface area contributed by atoms with E-state index in [1.165, 1.54) is 0 Å². The molecule has 0 amide bonds. The van der Waals surface area contributed by atoms with Crippen LogP contribution < -0.4 is 0 Å². The van der Waals surface area contributed by atoms with Gasteiger partial charge in [0.15, 0.2) is 5.76 Å². The summed E-state index contributed by atoms with van der Waals surface area (Å²) in [6.45, 7) is 0.617. The summed E-state index contributed by atoms with van der Waals surface area (Å²) in [5.74, 6) is -0.00610. The lowest BCUT2D eigenvalue weighted by molar-refractivity contribution is -0.154. The second kappa shape index (κ2) is 6.50. The molecule has 22 heavy (non-hydrogen) atoms. The van der Waals surface area contributed by atoms with Crippen molar-refractivity contribution in [2.75, 3.05) is 20.2 Å². The molecule has 2 aliphatic rings. The van der Waals surface area contributed by atoms with E-state index in [-0.39, 0.29) is 24.7 Å². The number of carbonyl (C=O) groups excluding carboxylic acids is 1. The number of aliphatic hydroxyl groups excluding tert-OH is 1. The van der Waals surface area contributed by atoms with E-state index in [9.17, 15) is 9.90 Å². The zero-order valence-corrected chi connectivity index (χ0v) is 12.6. The molecule has 2 heterocycles. The smallest absolute Gasteiger partial charge is 0.316 e. The second-order valence-electron chi connectivity index (χ2n) is 5.86. The van der Waals surface area contributed by atoms with Gasteiger partial charge in [0.1, 0.15) is 18.3 Å². The van der Waals surface area contributed by atoms with Crippen molar-refractivity contribution in [3.8, 4) is 0 Å². The third-order valence-corrected chi connectivity index (χ3v) is 4.36. The Morgan fingerprint density at radius 3 is 2.82 bits per heavy atom. The molecular formula is C17H21NO4. The van der Waals surface area contributed by atoms with Crippen LogP contribution >= 0.6 is 0 Å². The van der Waals surface area contributed by atoms with E-state index < -0.39 is 5.92 Å². The van der Waals surface area contributed by atoms with Crippen molar-refractivity contribution < 1.29 is 19.4 Å². The summed E-state index contributed by atoms with van der Waals surface area (Å²) >= 11 is 0. The topological polar surface area (TPSA) is 62.3 Å². The third kappa shape index (κ3) is 3.31. The number of esters is 1. The van der Waals surface area contributed by atoms with Gasteiger partial charge in [0.2, 0.25) is 0 Å². The van der Waals surface area contributed by atoms with Gasteiger partial charge < -0.3 is 14.6 Å². The van der Waals surface area contributed by atoms with E-state index in [0.29, 0.717) is 0 Å². The third-order valence-electron chi connectivity index (χ3n) is 4.36. The van der Waals surface area contributed by atoms with Crippen LogP contribution in [0.1, 0.15) is 24.3 Å². The van der Waals surface area contributed by atoms with Crippen molar-refractivity contribution in [1.82, 2.24) is 4.90 Å². The van der Waals surface area contributed by atoms with Crippen molar-refractivity contribution in [3.63, 3.8) is 0 Å². The predicted molar refractivity (Wildman–Crippen MR) is 81.0 cm³/mol. The molecule has 0 aromatic heterocycles. The van der Waals surface area contributed by atoms with Crippen molar-refractivity contribution in [3.05, 3.63) is 47.9 Å². The van der Waals surface area contributed by atoms with Crippen LogP contribution in [0.3, 0.4) is 0 Å². The highest BCUT2D eigenvalue weighted by atomic mass is 16.6. The number of carbonyl (C=O) groups is 1. The maximum atomic E-state index is 12.4. The molecule has 1 fully saturated rings. The van der Waals surface area contributed by atoms with Crippen molar-refractivity contribution in [2.24, 2.45) is 0 Å². The van der Waals surface area contributed by atoms with Gasteiger partial charge in [-0.05, 0) is 19.0 Å². The minimum atomic E-state index is -0.615. The normalized spacial score (nSPS) is 25.8. The summed E-state index contributed by atoms with van der Waals surface area (Å²) in [6.07, 6.45) is 3.16. The molecule has 0 radical (unpaired) electrons. The Morgan fingerprint density at radius 1 is 1.45 bits per heavy atom. The van der Waals surface area contributed by atoms with Gasteiger partial charge >= 0.3 is 5.97 Å². The second-order valence-corrected chi connectivity index (χ2v) is 5.86. The summed E-state index contributed by atoms with van der Waals surface area (Å²) < 4.78 is 10.8. The molecule has 5 heteroatoms. The number of rotatable bonds is 5. The van der Waals surface area contributed by atoms with E-state index in [0.717, 1.165) is 30.7 Å². The highest BCUT2D eigenvalue weighted by Crippen LogP contribution is 2.31. The molecule has 3 rings (SSSR count). The quantitative estimate of drug-likeness (QED) is 0.838. The standard InChI is InChI=1S/C17H21NO4/c1-18-8-7-13(9-15(18)16-11-21-16)22-17(20)14(10-19)12-5-3-2-4-6-12/h2-6,11,13-15,19H,7-10H2,1H3/t13-,14?,15?/m1/s1. The summed E-state index contributed by atoms with van der Waals surface area (Å²) in [5.41, 5.74) is 0.785. The van der Waals surface area contributed by atoms with E-state index >= 15 is 0 Å². The summed E-state index contributed by atoms with van der Waals surface area (Å²) in [4.78, 5) is 14.6. The van der Waals surface area contributed by atoms with Gasteiger partial charge in [-0.1, -0.05) is 30.3 Å². The number of likely N-dealkylation sites (N-methyl/N-ethyl adjacent to an activating group) is 1. The van der Waals surface area contributed by atoms with Crippen LogP contribution in [0.5, 0.6) is 0 Å². The number of hydrogen-bond acceptors (Lipinski definition) is 5. The van der Waals surface area contributed by atoms with Crippen LogP contribution in [0.2, 0.25) is 0 Å². The molecule has 2 aliphatic heterocycles. The van der Waals surface area contributed by atoms with Gasteiger partial charge in [0.05, 0.1) is 12.6 Å². The molecule has 0 aliphatic carbocycles. The fourth-order valence-electron chi connectivity index (χ4n) is 2.93. The van der Waals surface area contributed by atoms with Gasteiger partial charge in [-0.25, -0.2) is 0 Å². The highest BCUT2D eigenvalue weighted by molar-refractivity contribution is 5.78. The fraction of sp³-hybridized carbons (Fsp3) is 0.471. The van der Waals surface area contributed by atoms with E-state index in [4.69, 9.17) is 9.47 Å². The molecule has 5 nitrogen and oxygen atoms in total. The van der Waals surface area contributed by atoms with Crippen molar-refractivity contribution >= 4 is 5.97 Å². The highest BCUT2D eigenvalue weighted by Gasteiger charge is 2.36. The molecule has 0 saturated carbocycles. The van der Waals surface area contributed by atoms with Crippen LogP contribution in [0.4, 0.5) is 0 Å². The van der Waals surface area contributed by atoms with Crippen LogP contribution in [-0.2, 0) is 14.3 Å². The first-order valence-corrected chi connectivity index (χ1v) is 7.62. The first-order valence-electron chi connectivity index (χ1n) is 7.62. The maximum absolute atomic E-state index is 12.4. The summed E-state index contributed by atoms with van der Waals surface area (Å²) in [6, 6.07) is 9.46. The zero-order chi connectivity index (χ0) is 15.5. The molecule has 118 valence electrons. The summed E-state index contributed by atoms with van der Waals surface area (Å²) in [5, 5.41) is 9.53. The van der Waals surface area contributed by atoms with E-state index in [1.807, 2.05) is 37.4 Å². The predicted octanol–water partition coefficient (Wildman–Crippen LogP) is 1.64. The number of aliphatic hydroxyl groups is 1. The molecule has 1 N–H and O–H groups in total. The SMILES string of the molecule is CN1CC[C@@H](OC(=O)C(CO)c2ccccc2)CC1C1=CO1. The lowest BCUT2D eigenvalue weighted by atomic mass is 9.98. The number of likely N-dealkylation sites (tertiary alicyclic amines) is 1. The van der Waals surface area contributed by atoms with Crippen LogP contribution in [0, 0.1) is 0 Å². The minimum Gasteiger partial charge on any atom is -0.462 e. The number of piperidine rings is 1. The van der Waals surface area contributed by atoms with Gasteiger partial charge in [0.25, 0.3) is 0 Å². The zero-order valence-electron chi connectivity index (χ0n) is 12.6. The van der Waals surface area contributed by atoms with E-state index in [2.05, 4.69) is 4.90 Å². The summed E-state index contributed by atoms with van der Waals surface area (Å²) in [7, 11) is 2.05. The molecule has 0 bridgehead atoms. The average Bonchev–Trinajstić information content (AvgIpc) is 3.36. The van der Waals surface area contributed by atoms with Crippen LogP contribution in [-0.4, -0.2) is 48.3 Å². The molecule has 0 spiro atoms. The number of ether oxygens (including phenoxy) is 2. The first-order chi connectivity index (χ1) is 10.7. The lowest BCUT2D eigenvalue weighted by Gasteiger charge is -2.35. The minimum absolute atomic E-state index is 0.128. The van der Waals surface area contributed by atoms with E-state index in [1.54, 1.807) is 6.26 Å². The van der Waals surface area contributed by atoms with Crippen molar-refractivity contribution in [1.29, 1.82) is 0 Å². The van der Waals surface area contributed by atoms with Gasteiger partial charge in [-0.3, -0.25) is 9.69 Å². The molecular weight excluding hydrogens is 282 g/mol. The van der Waals surface area contributed by atoms with Gasteiger partial charge in [-0.15, -0.1) is 0 Å².